The number of aromatic nitrogens is 6. The van der Waals surface area contributed by atoms with Crippen LogP contribution in [0.5, 0.6) is 23.0 Å². The number of nitrogens with two attached hydrogens (primary N) is 2. The van der Waals surface area contributed by atoms with Crippen molar-refractivity contribution in [2.24, 2.45) is 0 Å². The number of nitrogen functional groups attached to an aromatic ring is 2. The van der Waals surface area contributed by atoms with Crippen molar-refractivity contribution >= 4 is 126 Å². The molecule has 38 heteroatoms. The first-order valence-corrected chi connectivity index (χ1v) is 35.9. The molecule has 6 amide bonds. The highest BCUT2D eigenvalue weighted by molar-refractivity contribution is 7.47. The summed E-state index contributed by atoms with van der Waals surface area (Å²) in [6.07, 6.45) is 4.18. The number of hydrogen-bond acceptors (Lipinski definition) is 23. The summed E-state index contributed by atoms with van der Waals surface area (Å²) in [5, 5.41) is 18.0. The quantitative estimate of drug-likeness (QED) is 0.0181. The van der Waals surface area contributed by atoms with Crippen LogP contribution in [0, 0.1) is 0 Å². The summed E-state index contributed by atoms with van der Waals surface area (Å²) in [7, 11) is -14.9. The molecular formula is C62H71N12O23P3. The van der Waals surface area contributed by atoms with Gasteiger partial charge in [0.1, 0.15) is 45.7 Å². The number of nitrogens with zero attached hydrogens (tertiary/aromatic N) is 8. The van der Waals surface area contributed by atoms with Crippen molar-refractivity contribution < 1.29 is 110 Å². The van der Waals surface area contributed by atoms with Gasteiger partial charge in [-0.3, -0.25) is 58.1 Å². The third-order valence-electron chi connectivity index (χ3n) is 15.5. The summed E-state index contributed by atoms with van der Waals surface area (Å²) >= 11 is 0. The molecule has 13 N–H and O–H groups in total. The maximum absolute atomic E-state index is 12.5. The molecule has 2 fully saturated rings. The second-order valence-corrected chi connectivity index (χ2v) is 26.7. The number of phenols is 1. The number of nitrogens with one attached hydrogen (secondary N) is 2. The molecule has 0 bridgehead atoms. The Bertz CT molecular complexity index is 4650. The van der Waals surface area contributed by atoms with Crippen LogP contribution in [0.3, 0.4) is 0 Å². The monoisotopic (exact) mass is 1440 g/mol. The van der Waals surface area contributed by atoms with E-state index in [9.17, 15) is 86.5 Å². The average Bonchev–Trinajstić information content (AvgIpc) is 1.58. The molecule has 2 saturated heterocycles. The number of rotatable bonds is 30. The highest BCUT2D eigenvalue weighted by Gasteiger charge is 2.34. The topological polar surface area (TPSA) is 520 Å². The van der Waals surface area contributed by atoms with Crippen LogP contribution >= 0.6 is 23.5 Å². The van der Waals surface area contributed by atoms with Crippen molar-refractivity contribution in [1.29, 1.82) is 0 Å². The number of imidazole rings is 2. The normalized spacial score (nSPS) is 13.5. The van der Waals surface area contributed by atoms with Crippen LogP contribution in [0.2, 0.25) is 0 Å². The molecule has 100 heavy (non-hydrogen) atoms. The minimum Gasteiger partial charge on any atom is -0.508 e. The standard InChI is InChI=1S/C31H36N6O13P2.C31H35N6O10P/c1-2-3-5-24-35-29-30(36(24)17-19-15-20(49-51(42,43)44)9-11-23(19)50-52(45,46)47)21-10-8-18(14-22(21)34-31(29)32)16-33-25(38)6-4-7-28(41)48-37-26(39)12-13-27(37)40;1-2-3-5-24-35-29-30(36(24)17-19-15-20(38)9-11-23(19)47-48(43,44)45)21-10-8-18(14-22(21)34-31(29)32)16-33-25(39)6-4-7-28(42)46-37-26(40)12-13-27(37)41/h8-11,14-15H,2-7,12-13,16-17H2,1H3,(H2,32,34)(H,33,38)(H2,42,43,44)(H2,45,46,47);8-11,14-15,38H,2-7,12-13,16-17H2,1H3,(H2,32,34)(H,33,39)(H2,43,44,45). The van der Waals surface area contributed by atoms with Gasteiger partial charge in [0.2, 0.25) is 11.8 Å². The van der Waals surface area contributed by atoms with E-state index in [4.69, 9.17) is 44.7 Å². The number of unbranched alkanes of at least 4 members (excludes halogenated alkanes) is 2. The highest BCUT2D eigenvalue weighted by Crippen LogP contribution is 2.45. The summed E-state index contributed by atoms with van der Waals surface area (Å²) in [5.74, 6) is -3.84. The third-order valence-corrected chi connectivity index (χ3v) is 16.9. The van der Waals surface area contributed by atoms with E-state index in [-0.39, 0.29) is 142 Å². The molecule has 0 saturated carbocycles. The van der Waals surface area contributed by atoms with Gasteiger partial charge in [0.05, 0.1) is 35.2 Å². The van der Waals surface area contributed by atoms with Crippen LogP contribution in [0.4, 0.5) is 11.6 Å². The lowest BCUT2D eigenvalue weighted by molar-refractivity contribution is -0.197. The number of benzene rings is 4. The second-order valence-electron chi connectivity index (χ2n) is 23.2. The van der Waals surface area contributed by atoms with Crippen LogP contribution < -0.4 is 35.7 Å². The van der Waals surface area contributed by atoms with Gasteiger partial charge < -0.3 is 59.6 Å². The third kappa shape index (κ3) is 19.5. The zero-order valence-electron chi connectivity index (χ0n) is 53.8. The van der Waals surface area contributed by atoms with Crippen molar-refractivity contribution in [2.45, 2.75) is 143 Å². The Kier molecular flexibility index (Phi) is 23.7. The van der Waals surface area contributed by atoms with Gasteiger partial charge in [-0.1, -0.05) is 51.0 Å². The number of phenolic OH excluding ortho intramolecular Hbond substituents is 1. The summed E-state index contributed by atoms with van der Waals surface area (Å²) in [6, 6.07) is 18.0. The van der Waals surface area contributed by atoms with E-state index in [0.717, 1.165) is 43.4 Å². The first-order chi connectivity index (χ1) is 47.3. The molecule has 2 aliphatic rings. The molecule has 0 aliphatic carbocycles. The molecule has 0 unspecified atom stereocenters. The lowest BCUT2D eigenvalue weighted by atomic mass is 10.1. The zero-order chi connectivity index (χ0) is 72.4. The number of carbonyl (C=O) groups is 8. The van der Waals surface area contributed by atoms with Gasteiger partial charge in [0, 0.05) is 99.2 Å². The fourth-order valence-electron chi connectivity index (χ4n) is 10.9. The van der Waals surface area contributed by atoms with Gasteiger partial charge >= 0.3 is 35.4 Å². The Morgan fingerprint density at radius 2 is 0.910 bits per heavy atom. The predicted octanol–water partition coefficient (Wildman–Crippen LogP) is 6.02. The van der Waals surface area contributed by atoms with Gasteiger partial charge in [-0.25, -0.2) is 43.2 Å². The number of imide groups is 2. The number of aromatic hydroxyl groups is 1. The molecule has 532 valence electrons. The van der Waals surface area contributed by atoms with E-state index in [2.05, 4.69) is 20.6 Å². The van der Waals surface area contributed by atoms with Crippen molar-refractivity contribution in [3.8, 4) is 23.0 Å². The van der Waals surface area contributed by atoms with Crippen LogP contribution in [0.25, 0.3) is 43.9 Å². The smallest absolute Gasteiger partial charge is 0.508 e. The lowest BCUT2D eigenvalue weighted by Gasteiger charge is -2.17. The molecule has 2 aliphatic heterocycles. The Morgan fingerprint density at radius 1 is 0.510 bits per heavy atom. The minimum absolute atomic E-state index is 0.00290. The fourth-order valence-corrected chi connectivity index (χ4v) is 12.2. The van der Waals surface area contributed by atoms with Gasteiger partial charge in [-0.15, -0.1) is 10.1 Å². The number of fused-ring (bicyclic) bond motifs is 6. The SMILES string of the molecule is CCCCc1nc2c(N)nc3cc(CNC(=O)CCCC(=O)ON4C(=O)CCC4=O)ccc3c2n1Cc1cc(O)ccc1OP(=O)(O)O.CCCCc1nc2c(N)nc3cc(CNC(=O)CCCC(=O)ON4C(=O)CCC4=O)ccc3c2n1Cc1cc(OP(=O)(O)O)ccc1OP(=O)(O)O. The van der Waals surface area contributed by atoms with E-state index in [1.165, 1.54) is 24.3 Å². The van der Waals surface area contributed by atoms with Crippen LogP contribution in [-0.4, -0.2) is 121 Å². The maximum atomic E-state index is 12.5. The molecule has 0 radical (unpaired) electrons. The van der Waals surface area contributed by atoms with E-state index >= 15 is 0 Å². The van der Waals surface area contributed by atoms with Gasteiger partial charge in [-0.2, -0.15) is 0 Å². The molecule has 0 spiro atoms. The Hall–Kier alpha value is -9.95. The highest BCUT2D eigenvalue weighted by atomic mass is 31.2. The Balaban J connectivity index is 0.000000234. The molecule has 8 aromatic rings. The molecule has 4 aromatic carbocycles. The number of aryl methyl sites for hydroxylation is 2. The number of pyridine rings is 2. The largest absolute Gasteiger partial charge is 0.524 e. The number of phosphoric acid groups is 3. The number of anilines is 2. The number of carbonyl (C=O) groups excluding carboxylic acids is 8. The fraction of sp³-hybridized carbons (Fsp3) is 0.355. The van der Waals surface area contributed by atoms with Crippen LogP contribution in [0.1, 0.15) is 138 Å². The number of amides is 6. The van der Waals surface area contributed by atoms with E-state index in [1.54, 1.807) is 34.9 Å². The molecule has 6 heterocycles. The summed E-state index contributed by atoms with van der Waals surface area (Å²) in [6.45, 7) is 4.21. The summed E-state index contributed by atoms with van der Waals surface area (Å²) in [5.41, 5.74) is 17.5. The summed E-state index contributed by atoms with van der Waals surface area (Å²) < 4.78 is 53.2. The van der Waals surface area contributed by atoms with Gasteiger partial charge in [0.25, 0.3) is 23.6 Å². The number of hydroxylamine groups is 4. The average molecular weight is 1450 g/mol. The zero-order valence-corrected chi connectivity index (χ0v) is 56.5. The van der Waals surface area contributed by atoms with Gasteiger partial charge in [0.15, 0.2) is 11.6 Å². The number of hydrogen-bond donors (Lipinski definition) is 11. The van der Waals surface area contributed by atoms with E-state index in [1.807, 2.05) is 24.5 Å². The second kappa shape index (κ2) is 31.9. The summed E-state index contributed by atoms with van der Waals surface area (Å²) in [4.78, 5) is 180. The van der Waals surface area contributed by atoms with Crippen molar-refractivity contribution in [3.05, 3.63) is 107 Å². The molecule has 35 nitrogen and oxygen atoms in total. The van der Waals surface area contributed by atoms with Gasteiger partial charge in [-0.05, 0) is 85.3 Å². The van der Waals surface area contributed by atoms with Crippen LogP contribution in [0.15, 0.2) is 72.8 Å². The number of phosphoric ester groups is 3. The lowest BCUT2D eigenvalue weighted by Crippen LogP contribution is -2.32. The minimum atomic E-state index is -5.05. The molecule has 10 rings (SSSR count). The predicted molar refractivity (Wildman–Crippen MR) is 353 cm³/mol. The van der Waals surface area contributed by atoms with E-state index in [0.29, 0.717) is 89.6 Å². The van der Waals surface area contributed by atoms with E-state index < -0.39 is 59.0 Å². The molecule has 4 aromatic heterocycles. The Labute approximate surface area is 567 Å². The van der Waals surface area contributed by atoms with Crippen molar-refractivity contribution in [1.82, 2.24) is 49.8 Å². The molecular weight excluding hydrogens is 1370 g/mol. The first kappa shape index (κ1) is 74.3. The maximum Gasteiger partial charge on any atom is 0.524 e. The van der Waals surface area contributed by atoms with Crippen molar-refractivity contribution in [3.63, 3.8) is 0 Å². The molecule has 0 atom stereocenters. The van der Waals surface area contributed by atoms with Crippen molar-refractivity contribution in [2.75, 3.05) is 11.5 Å². The first-order valence-electron chi connectivity index (χ1n) is 31.3. The van der Waals surface area contributed by atoms with Crippen LogP contribution in [-0.2, 0) is 101 Å². The Morgan fingerprint density at radius 3 is 1.31 bits per heavy atom.